The molecule has 0 saturated carbocycles. The molecule has 2 heterocycles. The van der Waals surface area contributed by atoms with Gasteiger partial charge in [-0.05, 0) is 42.8 Å². The van der Waals surface area contributed by atoms with Crippen molar-refractivity contribution in [2.75, 3.05) is 4.72 Å². The van der Waals surface area contributed by atoms with E-state index in [-0.39, 0.29) is 4.90 Å². The van der Waals surface area contributed by atoms with Gasteiger partial charge in [-0.15, -0.1) is 11.3 Å². The smallest absolute Gasteiger partial charge is 0.264 e. The number of thiophene rings is 1. The van der Waals surface area contributed by atoms with E-state index < -0.39 is 10.0 Å². The maximum atomic E-state index is 12.2. The van der Waals surface area contributed by atoms with Crippen LogP contribution in [0.15, 0.2) is 14.7 Å². The summed E-state index contributed by atoms with van der Waals surface area (Å²) < 4.78 is 27.7. The van der Waals surface area contributed by atoms with E-state index in [0.717, 1.165) is 19.9 Å². The standard InChI is InChI=1S/C10H12BrN3O2S2/c1-5-6(2)12-13-10(5)14-18(15,16)8-4-9(11)17-7(8)3/h4H,1-3H3,(H2,12,13,14). The Morgan fingerprint density at radius 3 is 2.50 bits per heavy atom. The first-order valence-corrected chi connectivity index (χ1v) is 8.21. The van der Waals surface area contributed by atoms with Crippen LogP contribution in [-0.4, -0.2) is 18.6 Å². The summed E-state index contributed by atoms with van der Waals surface area (Å²) in [5.74, 6) is 0.342. The third kappa shape index (κ3) is 2.45. The minimum Gasteiger partial charge on any atom is -0.280 e. The number of hydrogen-bond acceptors (Lipinski definition) is 4. The van der Waals surface area contributed by atoms with E-state index in [4.69, 9.17) is 0 Å². The lowest BCUT2D eigenvalue weighted by Gasteiger charge is -2.05. The molecule has 2 aromatic heterocycles. The van der Waals surface area contributed by atoms with E-state index in [0.29, 0.717) is 5.82 Å². The van der Waals surface area contributed by atoms with E-state index in [2.05, 4.69) is 30.8 Å². The highest BCUT2D eigenvalue weighted by Crippen LogP contribution is 2.31. The molecule has 0 amide bonds. The molecule has 0 spiro atoms. The number of halogens is 1. The number of hydrogen-bond donors (Lipinski definition) is 2. The number of anilines is 1. The van der Waals surface area contributed by atoms with Gasteiger partial charge in [0, 0.05) is 16.1 Å². The van der Waals surface area contributed by atoms with Crippen LogP contribution in [0.1, 0.15) is 16.1 Å². The van der Waals surface area contributed by atoms with Gasteiger partial charge in [-0.25, -0.2) is 8.42 Å². The minimum atomic E-state index is -3.58. The SMILES string of the molecule is Cc1[nH]nc(NS(=O)(=O)c2cc(Br)sc2C)c1C. The number of rotatable bonds is 3. The van der Waals surface area contributed by atoms with Gasteiger partial charge in [0.25, 0.3) is 10.0 Å². The molecule has 18 heavy (non-hydrogen) atoms. The lowest BCUT2D eigenvalue weighted by molar-refractivity contribution is 0.601. The van der Waals surface area contributed by atoms with Crippen molar-refractivity contribution in [1.82, 2.24) is 10.2 Å². The van der Waals surface area contributed by atoms with Crippen molar-refractivity contribution in [3.63, 3.8) is 0 Å². The fourth-order valence-electron chi connectivity index (χ4n) is 1.46. The number of nitrogens with one attached hydrogen (secondary N) is 2. The van der Waals surface area contributed by atoms with E-state index in [1.54, 1.807) is 13.0 Å². The van der Waals surface area contributed by atoms with Crippen LogP contribution < -0.4 is 4.72 Å². The molecule has 2 N–H and O–H groups in total. The molecule has 0 aliphatic heterocycles. The van der Waals surface area contributed by atoms with Crippen LogP contribution in [0.2, 0.25) is 0 Å². The highest BCUT2D eigenvalue weighted by atomic mass is 79.9. The molecule has 5 nitrogen and oxygen atoms in total. The number of aromatic amines is 1. The molecule has 0 saturated heterocycles. The zero-order valence-electron chi connectivity index (χ0n) is 10.0. The molecule has 2 rings (SSSR count). The molecule has 0 fully saturated rings. The van der Waals surface area contributed by atoms with E-state index in [1.807, 2.05) is 13.8 Å². The average molecular weight is 350 g/mol. The van der Waals surface area contributed by atoms with E-state index in [1.165, 1.54) is 11.3 Å². The van der Waals surface area contributed by atoms with Crippen molar-refractivity contribution in [2.24, 2.45) is 0 Å². The van der Waals surface area contributed by atoms with Crippen molar-refractivity contribution in [2.45, 2.75) is 25.7 Å². The Balaban J connectivity index is 2.39. The molecule has 0 aromatic carbocycles. The molecule has 8 heteroatoms. The molecule has 0 atom stereocenters. The molecular formula is C10H12BrN3O2S2. The minimum absolute atomic E-state index is 0.277. The molecule has 0 radical (unpaired) electrons. The summed E-state index contributed by atoms with van der Waals surface area (Å²) in [7, 11) is -3.58. The van der Waals surface area contributed by atoms with Crippen molar-refractivity contribution < 1.29 is 8.42 Å². The predicted molar refractivity (Wildman–Crippen MR) is 75.6 cm³/mol. The zero-order valence-corrected chi connectivity index (χ0v) is 13.3. The summed E-state index contributed by atoms with van der Waals surface area (Å²) in [5, 5.41) is 6.69. The maximum Gasteiger partial charge on any atom is 0.264 e. The van der Waals surface area contributed by atoms with Gasteiger partial charge in [-0.2, -0.15) is 5.10 Å². The van der Waals surface area contributed by atoms with Gasteiger partial charge in [0.1, 0.15) is 4.90 Å². The third-order valence-corrected chi connectivity index (χ3v) is 5.76. The summed E-state index contributed by atoms with van der Waals surface area (Å²) in [6, 6.07) is 1.59. The lowest BCUT2D eigenvalue weighted by atomic mass is 10.3. The molecular weight excluding hydrogens is 338 g/mol. The third-order valence-electron chi connectivity index (χ3n) is 2.62. The number of H-pyrrole nitrogens is 1. The summed E-state index contributed by atoms with van der Waals surface area (Å²) in [5.41, 5.74) is 1.64. The largest absolute Gasteiger partial charge is 0.280 e. The number of sulfonamides is 1. The average Bonchev–Trinajstić information content (AvgIpc) is 2.75. The Morgan fingerprint density at radius 1 is 1.39 bits per heavy atom. The molecule has 98 valence electrons. The van der Waals surface area contributed by atoms with Crippen molar-refractivity contribution in [1.29, 1.82) is 0 Å². The molecule has 0 aliphatic rings. The maximum absolute atomic E-state index is 12.2. The van der Waals surface area contributed by atoms with Crippen molar-refractivity contribution >= 4 is 43.1 Å². The van der Waals surface area contributed by atoms with Gasteiger partial charge in [0.05, 0.1) is 3.79 Å². The number of aryl methyl sites for hydroxylation is 2. The summed E-state index contributed by atoms with van der Waals surface area (Å²) >= 11 is 4.67. The molecule has 0 bridgehead atoms. The lowest BCUT2D eigenvalue weighted by Crippen LogP contribution is -2.14. The van der Waals surface area contributed by atoms with Crippen LogP contribution in [0.4, 0.5) is 5.82 Å². The first-order chi connectivity index (χ1) is 8.31. The van der Waals surface area contributed by atoms with Crippen LogP contribution in [-0.2, 0) is 10.0 Å². The van der Waals surface area contributed by atoms with Crippen molar-refractivity contribution in [3.8, 4) is 0 Å². The van der Waals surface area contributed by atoms with Gasteiger partial charge < -0.3 is 0 Å². The highest BCUT2D eigenvalue weighted by molar-refractivity contribution is 9.11. The second-order valence-corrected chi connectivity index (χ2v) is 8.19. The zero-order chi connectivity index (χ0) is 13.5. The highest BCUT2D eigenvalue weighted by Gasteiger charge is 2.21. The number of aromatic nitrogens is 2. The Morgan fingerprint density at radius 2 is 2.06 bits per heavy atom. The quantitative estimate of drug-likeness (QED) is 0.894. The second-order valence-electron chi connectivity index (χ2n) is 3.90. The van der Waals surface area contributed by atoms with E-state index >= 15 is 0 Å². The van der Waals surface area contributed by atoms with E-state index in [9.17, 15) is 8.42 Å². The Hall–Kier alpha value is -0.860. The number of nitrogens with zero attached hydrogens (tertiary/aromatic N) is 1. The summed E-state index contributed by atoms with van der Waals surface area (Å²) in [6.45, 7) is 5.42. The summed E-state index contributed by atoms with van der Waals surface area (Å²) in [6.07, 6.45) is 0. The van der Waals surface area contributed by atoms with Gasteiger partial charge >= 0.3 is 0 Å². The second kappa shape index (κ2) is 4.67. The van der Waals surface area contributed by atoms with Crippen molar-refractivity contribution in [3.05, 3.63) is 26.0 Å². The van der Waals surface area contributed by atoms with Gasteiger partial charge in [-0.1, -0.05) is 0 Å². The van der Waals surface area contributed by atoms with Crippen LogP contribution >= 0.6 is 27.3 Å². The Bertz CT molecular complexity index is 688. The van der Waals surface area contributed by atoms with Gasteiger partial charge in [-0.3, -0.25) is 9.82 Å². The Labute approximate surface area is 118 Å². The normalized spacial score (nSPS) is 11.8. The first kappa shape index (κ1) is 13.6. The topological polar surface area (TPSA) is 74.8 Å². The van der Waals surface area contributed by atoms with Gasteiger partial charge in [0.15, 0.2) is 5.82 Å². The van der Waals surface area contributed by atoms with Crippen LogP contribution in [0.3, 0.4) is 0 Å². The monoisotopic (exact) mass is 349 g/mol. The predicted octanol–water partition coefficient (Wildman–Crippen LogP) is 2.96. The fraction of sp³-hybridized carbons (Fsp3) is 0.300. The summed E-state index contributed by atoms with van der Waals surface area (Å²) in [4.78, 5) is 1.01. The van der Waals surface area contributed by atoms with Gasteiger partial charge in [0.2, 0.25) is 0 Å². The first-order valence-electron chi connectivity index (χ1n) is 5.11. The van der Waals surface area contributed by atoms with Crippen LogP contribution in [0.25, 0.3) is 0 Å². The molecule has 0 unspecified atom stereocenters. The van der Waals surface area contributed by atoms with Crippen LogP contribution in [0, 0.1) is 20.8 Å². The Kier molecular flexibility index (Phi) is 3.52. The molecule has 2 aromatic rings. The van der Waals surface area contributed by atoms with Crippen LogP contribution in [0.5, 0.6) is 0 Å². The molecule has 0 aliphatic carbocycles. The fourth-order valence-corrected chi connectivity index (χ4v) is 4.95.